The zero-order valence-corrected chi connectivity index (χ0v) is 11.0. The minimum absolute atomic E-state index is 0.0481. The number of aromatic nitrogens is 2. The van der Waals surface area contributed by atoms with Crippen LogP contribution >= 0.6 is 0 Å². The first-order chi connectivity index (χ1) is 9.11. The fourth-order valence-electron chi connectivity index (χ4n) is 2.03. The zero-order chi connectivity index (χ0) is 13.8. The summed E-state index contributed by atoms with van der Waals surface area (Å²) in [6, 6.07) is 7.46. The molecule has 0 aliphatic carbocycles. The summed E-state index contributed by atoms with van der Waals surface area (Å²) in [6.07, 6.45) is 0.492. The molecule has 0 saturated heterocycles. The summed E-state index contributed by atoms with van der Waals surface area (Å²) < 4.78 is 0. The minimum atomic E-state index is -0.169. The molecule has 0 bridgehead atoms. The van der Waals surface area contributed by atoms with Crippen LogP contribution < -0.4 is 5.32 Å². The molecule has 0 unspecified atom stereocenters. The van der Waals surface area contributed by atoms with Crippen molar-refractivity contribution in [3.63, 3.8) is 0 Å². The Morgan fingerprint density at radius 2 is 2.05 bits per heavy atom. The second-order valence-corrected chi connectivity index (χ2v) is 4.47. The van der Waals surface area contributed by atoms with Crippen LogP contribution in [0.4, 0.5) is 5.82 Å². The number of H-pyrrole nitrogens is 1. The Morgan fingerprint density at radius 1 is 1.37 bits per heavy atom. The highest BCUT2D eigenvalue weighted by Gasteiger charge is 2.13. The second-order valence-electron chi connectivity index (χ2n) is 4.47. The number of hydrogen-bond acceptors (Lipinski definition) is 3. The van der Waals surface area contributed by atoms with Crippen molar-refractivity contribution in [3.05, 3.63) is 46.6 Å². The van der Waals surface area contributed by atoms with Crippen molar-refractivity contribution in [3.8, 4) is 0 Å². The van der Waals surface area contributed by atoms with Crippen molar-refractivity contribution >= 4 is 11.7 Å². The maximum absolute atomic E-state index is 12.2. The van der Waals surface area contributed by atoms with E-state index >= 15 is 0 Å². The van der Waals surface area contributed by atoms with Crippen LogP contribution in [0, 0.1) is 13.8 Å². The largest absolute Gasteiger partial charge is 0.396 e. The summed E-state index contributed by atoms with van der Waals surface area (Å²) >= 11 is 0. The number of benzene rings is 1. The van der Waals surface area contributed by atoms with Crippen LogP contribution in [0.15, 0.2) is 24.3 Å². The van der Waals surface area contributed by atoms with E-state index < -0.39 is 0 Å². The molecule has 0 aliphatic heterocycles. The third-order valence-corrected chi connectivity index (χ3v) is 2.96. The number of carbonyl (C=O) groups excluding carboxylic acids is 1. The fraction of sp³-hybridized carbons (Fsp3) is 0.286. The summed E-state index contributed by atoms with van der Waals surface area (Å²) in [5, 5.41) is 18.3. The molecule has 0 spiro atoms. The Labute approximate surface area is 111 Å². The van der Waals surface area contributed by atoms with Crippen LogP contribution in [0.5, 0.6) is 0 Å². The van der Waals surface area contributed by atoms with Crippen LogP contribution in [0.25, 0.3) is 0 Å². The number of hydrogen-bond donors (Lipinski definition) is 3. The van der Waals surface area contributed by atoms with E-state index in [4.69, 9.17) is 5.11 Å². The number of carbonyl (C=O) groups is 1. The predicted octanol–water partition coefficient (Wildman–Crippen LogP) is 1.81. The van der Waals surface area contributed by atoms with Crippen LogP contribution in [-0.2, 0) is 6.42 Å². The van der Waals surface area contributed by atoms with E-state index in [1.165, 1.54) is 0 Å². The molecule has 1 heterocycles. The topological polar surface area (TPSA) is 78.0 Å². The summed E-state index contributed by atoms with van der Waals surface area (Å²) in [7, 11) is 0. The van der Waals surface area contributed by atoms with E-state index in [1.54, 1.807) is 6.07 Å². The summed E-state index contributed by atoms with van der Waals surface area (Å²) in [5.41, 5.74) is 3.33. The minimum Gasteiger partial charge on any atom is -0.396 e. The number of aromatic amines is 1. The Balaban J connectivity index is 2.16. The lowest BCUT2D eigenvalue weighted by Crippen LogP contribution is -2.15. The van der Waals surface area contributed by atoms with Gasteiger partial charge in [0.25, 0.3) is 5.91 Å². The summed E-state index contributed by atoms with van der Waals surface area (Å²) in [4.78, 5) is 12.2. The van der Waals surface area contributed by atoms with Crippen LogP contribution in [-0.4, -0.2) is 27.8 Å². The van der Waals surface area contributed by atoms with Gasteiger partial charge in [-0.05, 0) is 25.0 Å². The highest BCUT2D eigenvalue weighted by atomic mass is 16.3. The number of aryl methyl sites for hydroxylation is 2. The van der Waals surface area contributed by atoms with Gasteiger partial charge < -0.3 is 10.4 Å². The number of nitrogens with one attached hydrogen (secondary N) is 2. The van der Waals surface area contributed by atoms with E-state index in [9.17, 15) is 4.79 Å². The first-order valence-corrected chi connectivity index (χ1v) is 6.14. The standard InChI is InChI=1S/C14H17N3O2/c1-9-4-3-5-10(2)13(9)14(19)15-12-8-11(6-7-18)16-17-12/h3-5,8,18H,6-7H2,1-2H3,(H2,15,16,17,19). The number of aliphatic hydroxyl groups excluding tert-OH is 1. The maximum Gasteiger partial charge on any atom is 0.257 e. The van der Waals surface area contributed by atoms with Gasteiger partial charge in [-0.15, -0.1) is 0 Å². The Morgan fingerprint density at radius 3 is 2.68 bits per heavy atom. The molecule has 0 aliphatic rings. The Bertz CT molecular complexity index is 570. The van der Waals surface area contributed by atoms with Gasteiger partial charge in [-0.3, -0.25) is 9.89 Å². The molecule has 19 heavy (non-hydrogen) atoms. The molecule has 1 aromatic heterocycles. The molecule has 1 aromatic carbocycles. The molecule has 3 N–H and O–H groups in total. The summed E-state index contributed by atoms with van der Waals surface area (Å²) in [5.74, 6) is 0.300. The number of nitrogens with zero attached hydrogens (tertiary/aromatic N) is 1. The highest BCUT2D eigenvalue weighted by molar-refractivity contribution is 6.05. The molecular weight excluding hydrogens is 242 g/mol. The molecule has 100 valence electrons. The molecule has 5 heteroatoms. The van der Waals surface area contributed by atoms with E-state index in [-0.39, 0.29) is 12.5 Å². The lowest BCUT2D eigenvalue weighted by atomic mass is 10.0. The van der Waals surface area contributed by atoms with Gasteiger partial charge in [0.1, 0.15) is 0 Å². The van der Waals surface area contributed by atoms with Gasteiger partial charge in [0.2, 0.25) is 0 Å². The molecular formula is C14H17N3O2. The predicted molar refractivity (Wildman–Crippen MR) is 73.2 cm³/mol. The van der Waals surface area contributed by atoms with E-state index in [1.807, 2.05) is 32.0 Å². The summed E-state index contributed by atoms with van der Waals surface area (Å²) in [6.45, 7) is 3.86. The van der Waals surface area contributed by atoms with Crippen molar-refractivity contribution in [1.29, 1.82) is 0 Å². The number of amides is 1. The van der Waals surface area contributed by atoms with Crippen LogP contribution in [0.3, 0.4) is 0 Å². The second kappa shape index (κ2) is 5.67. The fourth-order valence-corrected chi connectivity index (χ4v) is 2.03. The SMILES string of the molecule is Cc1cccc(C)c1C(=O)Nc1cc(CCO)[nH]n1. The third-order valence-electron chi connectivity index (χ3n) is 2.96. The van der Waals surface area contributed by atoms with Gasteiger partial charge in [0.15, 0.2) is 5.82 Å². The van der Waals surface area contributed by atoms with E-state index in [0.717, 1.165) is 16.8 Å². The van der Waals surface area contributed by atoms with Crippen molar-refractivity contribution in [1.82, 2.24) is 10.2 Å². The molecule has 0 saturated carbocycles. The zero-order valence-electron chi connectivity index (χ0n) is 11.0. The molecule has 5 nitrogen and oxygen atoms in total. The third kappa shape index (κ3) is 3.00. The molecule has 1 amide bonds. The van der Waals surface area contributed by atoms with Gasteiger partial charge in [0.05, 0.1) is 0 Å². The van der Waals surface area contributed by atoms with Gasteiger partial charge in [-0.2, -0.15) is 5.10 Å². The average molecular weight is 259 g/mol. The molecule has 0 radical (unpaired) electrons. The van der Waals surface area contributed by atoms with Crippen molar-refractivity contribution in [2.24, 2.45) is 0 Å². The van der Waals surface area contributed by atoms with Crippen LogP contribution in [0.2, 0.25) is 0 Å². The number of anilines is 1. The molecule has 0 fully saturated rings. The monoisotopic (exact) mass is 259 g/mol. The lowest BCUT2D eigenvalue weighted by molar-refractivity contribution is 0.102. The van der Waals surface area contributed by atoms with Gasteiger partial charge in [0, 0.05) is 30.4 Å². The van der Waals surface area contributed by atoms with Crippen LogP contribution in [0.1, 0.15) is 27.2 Å². The average Bonchev–Trinajstić information content (AvgIpc) is 2.77. The molecule has 2 rings (SSSR count). The van der Waals surface area contributed by atoms with Crippen molar-refractivity contribution < 1.29 is 9.90 Å². The van der Waals surface area contributed by atoms with Gasteiger partial charge in [-0.25, -0.2) is 0 Å². The lowest BCUT2D eigenvalue weighted by Gasteiger charge is -2.08. The maximum atomic E-state index is 12.2. The first kappa shape index (κ1) is 13.3. The highest BCUT2D eigenvalue weighted by Crippen LogP contribution is 2.15. The molecule has 2 aromatic rings. The Hall–Kier alpha value is -2.14. The molecule has 0 atom stereocenters. The first-order valence-electron chi connectivity index (χ1n) is 6.14. The Kier molecular flexibility index (Phi) is 3.97. The quantitative estimate of drug-likeness (QED) is 0.783. The van der Waals surface area contributed by atoms with Crippen molar-refractivity contribution in [2.75, 3.05) is 11.9 Å². The van der Waals surface area contributed by atoms with Crippen molar-refractivity contribution in [2.45, 2.75) is 20.3 Å². The van der Waals surface area contributed by atoms with Gasteiger partial charge >= 0.3 is 0 Å². The van der Waals surface area contributed by atoms with E-state index in [2.05, 4.69) is 15.5 Å². The normalized spacial score (nSPS) is 10.5. The number of aliphatic hydroxyl groups is 1. The number of rotatable bonds is 4. The van der Waals surface area contributed by atoms with E-state index in [0.29, 0.717) is 17.8 Å². The smallest absolute Gasteiger partial charge is 0.257 e. The van der Waals surface area contributed by atoms with Gasteiger partial charge in [-0.1, -0.05) is 18.2 Å².